The maximum absolute atomic E-state index is 12.8. The van der Waals surface area contributed by atoms with Crippen molar-refractivity contribution in [3.63, 3.8) is 0 Å². The van der Waals surface area contributed by atoms with Gasteiger partial charge < -0.3 is 10.4 Å². The molecule has 0 unspecified atom stereocenters. The number of nitrogens with zero attached hydrogens (tertiary/aromatic N) is 3. The van der Waals surface area contributed by atoms with Gasteiger partial charge in [-0.1, -0.05) is 12.8 Å². The Hall–Kier alpha value is -2.90. The molecule has 140 valence electrons. The monoisotopic (exact) mass is 374 g/mol. The molecular formula is C19H17F3N4O. The Kier molecular flexibility index (Phi) is 4.33. The van der Waals surface area contributed by atoms with Crippen molar-refractivity contribution >= 4 is 16.6 Å². The number of phenolic OH excluding ortho intramolecular Hbond substituents is 1. The minimum absolute atomic E-state index is 0.194. The maximum atomic E-state index is 12.8. The van der Waals surface area contributed by atoms with Crippen LogP contribution in [0.15, 0.2) is 36.7 Å². The zero-order valence-corrected chi connectivity index (χ0v) is 14.3. The van der Waals surface area contributed by atoms with Crippen molar-refractivity contribution in [1.82, 2.24) is 15.2 Å². The first-order chi connectivity index (χ1) is 12.9. The molecule has 1 aliphatic rings. The number of benzene rings is 1. The summed E-state index contributed by atoms with van der Waals surface area (Å²) in [6.07, 6.45) is 3.15. The van der Waals surface area contributed by atoms with Gasteiger partial charge in [0, 0.05) is 34.8 Å². The fourth-order valence-electron chi connectivity index (χ4n) is 3.47. The standard InChI is InChI=1S/C19H17F3N4O/c20-19(21,22)11-5-6-14(16(27)9-11)17-13-7-8-23-10-15(13)18(26-25-17)24-12-3-1-2-4-12/h5-10,12,27H,1-4H2,(H,24,26). The molecular weight excluding hydrogens is 357 g/mol. The number of phenols is 1. The van der Waals surface area contributed by atoms with Crippen LogP contribution in [0.5, 0.6) is 5.75 Å². The number of alkyl halides is 3. The highest BCUT2D eigenvalue weighted by Gasteiger charge is 2.31. The van der Waals surface area contributed by atoms with Gasteiger partial charge in [-0.2, -0.15) is 13.2 Å². The second-order valence-corrected chi connectivity index (χ2v) is 6.67. The van der Waals surface area contributed by atoms with Crippen LogP contribution in [0.4, 0.5) is 19.0 Å². The highest BCUT2D eigenvalue weighted by atomic mass is 19.4. The summed E-state index contributed by atoms with van der Waals surface area (Å²) in [5.74, 6) is 0.105. The number of hydrogen-bond donors (Lipinski definition) is 2. The minimum atomic E-state index is -4.53. The molecule has 0 bridgehead atoms. The Morgan fingerprint density at radius 3 is 2.52 bits per heavy atom. The van der Waals surface area contributed by atoms with E-state index in [-0.39, 0.29) is 5.56 Å². The van der Waals surface area contributed by atoms with Gasteiger partial charge in [-0.05, 0) is 37.1 Å². The number of nitrogens with one attached hydrogen (secondary N) is 1. The molecule has 8 heteroatoms. The average Bonchev–Trinajstić information content (AvgIpc) is 3.15. The molecule has 2 aromatic heterocycles. The SMILES string of the molecule is Oc1cc(C(F)(F)F)ccc1-c1nnc(NC2CCCC2)c2cnccc12. The van der Waals surface area contributed by atoms with E-state index in [1.54, 1.807) is 18.5 Å². The summed E-state index contributed by atoms with van der Waals surface area (Å²) in [6, 6.07) is 4.89. The van der Waals surface area contributed by atoms with Gasteiger partial charge in [0.1, 0.15) is 11.4 Å². The average molecular weight is 374 g/mol. The zero-order valence-electron chi connectivity index (χ0n) is 14.3. The Morgan fingerprint density at radius 1 is 1.04 bits per heavy atom. The number of fused-ring (bicyclic) bond motifs is 1. The quantitative estimate of drug-likeness (QED) is 0.691. The smallest absolute Gasteiger partial charge is 0.416 e. The van der Waals surface area contributed by atoms with Crippen LogP contribution in [0, 0.1) is 0 Å². The summed E-state index contributed by atoms with van der Waals surface area (Å²) < 4.78 is 38.5. The largest absolute Gasteiger partial charge is 0.507 e. The molecule has 4 rings (SSSR count). The van der Waals surface area contributed by atoms with Crippen molar-refractivity contribution < 1.29 is 18.3 Å². The van der Waals surface area contributed by atoms with Crippen molar-refractivity contribution in [3.05, 3.63) is 42.2 Å². The number of hydrogen-bond acceptors (Lipinski definition) is 5. The van der Waals surface area contributed by atoms with Gasteiger partial charge in [0.05, 0.1) is 5.56 Å². The second kappa shape index (κ2) is 6.68. The van der Waals surface area contributed by atoms with Crippen molar-refractivity contribution in [2.45, 2.75) is 37.9 Å². The maximum Gasteiger partial charge on any atom is 0.416 e. The van der Waals surface area contributed by atoms with Gasteiger partial charge in [0.2, 0.25) is 0 Å². The molecule has 1 aliphatic carbocycles. The molecule has 1 fully saturated rings. The van der Waals surface area contributed by atoms with E-state index < -0.39 is 17.5 Å². The molecule has 0 radical (unpaired) electrons. The van der Waals surface area contributed by atoms with Crippen molar-refractivity contribution in [1.29, 1.82) is 0 Å². The number of aromatic hydroxyl groups is 1. The molecule has 2 N–H and O–H groups in total. The number of halogens is 3. The van der Waals surface area contributed by atoms with Crippen LogP contribution in [0.25, 0.3) is 22.0 Å². The molecule has 5 nitrogen and oxygen atoms in total. The van der Waals surface area contributed by atoms with E-state index in [0.29, 0.717) is 34.4 Å². The number of rotatable bonds is 3. The summed E-state index contributed by atoms with van der Waals surface area (Å²) in [7, 11) is 0. The summed E-state index contributed by atoms with van der Waals surface area (Å²) in [5.41, 5.74) is -0.406. The zero-order chi connectivity index (χ0) is 19.0. The Balaban J connectivity index is 1.79. The molecule has 1 aromatic carbocycles. The summed E-state index contributed by atoms with van der Waals surface area (Å²) >= 11 is 0. The molecule has 27 heavy (non-hydrogen) atoms. The van der Waals surface area contributed by atoms with Crippen LogP contribution in [-0.4, -0.2) is 26.3 Å². The predicted molar refractivity (Wildman–Crippen MR) is 95.3 cm³/mol. The Labute approximate surface area is 153 Å². The molecule has 0 saturated heterocycles. The van der Waals surface area contributed by atoms with Gasteiger partial charge >= 0.3 is 6.18 Å². The first-order valence-corrected chi connectivity index (χ1v) is 8.71. The van der Waals surface area contributed by atoms with Crippen LogP contribution < -0.4 is 5.32 Å². The van der Waals surface area contributed by atoms with E-state index in [9.17, 15) is 18.3 Å². The first kappa shape index (κ1) is 17.5. The lowest BCUT2D eigenvalue weighted by Crippen LogP contribution is -2.16. The normalized spacial score (nSPS) is 15.4. The van der Waals surface area contributed by atoms with Crippen LogP contribution in [0.3, 0.4) is 0 Å². The molecule has 0 aliphatic heterocycles. The van der Waals surface area contributed by atoms with Crippen molar-refractivity contribution in [2.24, 2.45) is 0 Å². The molecule has 2 heterocycles. The van der Waals surface area contributed by atoms with Gasteiger partial charge in [0.15, 0.2) is 5.82 Å². The first-order valence-electron chi connectivity index (χ1n) is 8.71. The van der Waals surface area contributed by atoms with Gasteiger partial charge in [-0.25, -0.2) is 0 Å². The van der Waals surface area contributed by atoms with Crippen LogP contribution in [-0.2, 0) is 6.18 Å². The molecule has 1 saturated carbocycles. The van der Waals surface area contributed by atoms with E-state index in [1.807, 2.05) is 0 Å². The topological polar surface area (TPSA) is 70.9 Å². The van der Waals surface area contributed by atoms with Crippen molar-refractivity contribution in [3.8, 4) is 17.0 Å². The van der Waals surface area contributed by atoms with Crippen LogP contribution >= 0.6 is 0 Å². The van der Waals surface area contributed by atoms with E-state index >= 15 is 0 Å². The number of pyridine rings is 1. The predicted octanol–water partition coefficient (Wildman–Crippen LogP) is 4.77. The van der Waals surface area contributed by atoms with E-state index in [2.05, 4.69) is 20.5 Å². The van der Waals surface area contributed by atoms with E-state index in [0.717, 1.165) is 18.9 Å². The third kappa shape index (κ3) is 3.39. The van der Waals surface area contributed by atoms with E-state index in [1.165, 1.54) is 18.9 Å². The summed E-state index contributed by atoms with van der Waals surface area (Å²) in [4.78, 5) is 4.13. The van der Waals surface area contributed by atoms with Crippen LogP contribution in [0.2, 0.25) is 0 Å². The lowest BCUT2D eigenvalue weighted by atomic mass is 10.0. The molecule has 0 atom stereocenters. The number of aromatic nitrogens is 3. The fourth-order valence-corrected chi connectivity index (χ4v) is 3.47. The van der Waals surface area contributed by atoms with Gasteiger partial charge in [-0.15, -0.1) is 10.2 Å². The number of anilines is 1. The lowest BCUT2D eigenvalue weighted by Gasteiger charge is -2.16. The van der Waals surface area contributed by atoms with E-state index in [4.69, 9.17) is 0 Å². The molecule has 0 amide bonds. The van der Waals surface area contributed by atoms with Gasteiger partial charge in [0.25, 0.3) is 0 Å². The summed E-state index contributed by atoms with van der Waals surface area (Å²) in [6.45, 7) is 0. The van der Waals surface area contributed by atoms with Crippen LogP contribution in [0.1, 0.15) is 31.2 Å². The summed E-state index contributed by atoms with van der Waals surface area (Å²) in [5, 5.41) is 23.3. The Morgan fingerprint density at radius 2 is 1.81 bits per heavy atom. The fraction of sp³-hybridized carbons (Fsp3) is 0.316. The third-order valence-electron chi connectivity index (χ3n) is 4.86. The lowest BCUT2D eigenvalue weighted by molar-refractivity contribution is -0.137. The minimum Gasteiger partial charge on any atom is -0.507 e. The molecule has 0 spiro atoms. The molecule has 3 aromatic rings. The van der Waals surface area contributed by atoms with Crippen molar-refractivity contribution in [2.75, 3.05) is 5.32 Å². The third-order valence-corrected chi connectivity index (χ3v) is 4.86. The van der Waals surface area contributed by atoms with Gasteiger partial charge in [-0.3, -0.25) is 4.98 Å². The highest BCUT2D eigenvalue weighted by molar-refractivity contribution is 6.00. The Bertz CT molecular complexity index is 984. The second-order valence-electron chi connectivity index (χ2n) is 6.67. The highest BCUT2D eigenvalue weighted by Crippen LogP contribution is 2.38.